The van der Waals surface area contributed by atoms with Gasteiger partial charge in [-0.15, -0.1) is 10.2 Å². The Morgan fingerprint density at radius 3 is 2.59 bits per heavy atom. The minimum Gasteiger partial charge on any atom is -0.388 e. The predicted octanol–water partition coefficient (Wildman–Crippen LogP) is 3.17. The Morgan fingerprint density at radius 1 is 1.14 bits per heavy atom. The smallest absolute Gasteiger partial charge is 0.229 e. The van der Waals surface area contributed by atoms with Crippen molar-refractivity contribution in [3.63, 3.8) is 0 Å². The van der Waals surface area contributed by atoms with E-state index in [9.17, 15) is 5.11 Å². The number of fused-ring (bicyclic) bond motifs is 1. The van der Waals surface area contributed by atoms with E-state index in [2.05, 4.69) is 20.6 Å². The van der Waals surface area contributed by atoms with Gasteiger partial charge in [-0.1, -0.05) is 23.7 Å². The summed E-state index contributed by atoms with van der Waals surface area (Å²) in [5.41, 5.74) is 3.19. The third-order valence-corrected chi connectivity index (χ3v) is 5.62. The number of nitrogens with zero attached hydrogens (tertiary/aromatic N) is 6. The van der Waals surface area contributed by atoms with Gasteiger partial charge in [-0.25, -0.2) is 4.98 Å². The van der Waals surface area contributed by atoms with Gasteiger partial charge in [0.25, 0.3) is 0 Å². The Balaban J connectivity index is 1.62. The van der Waals surface area contributed by atoms with Crippen LogP contribution in [0.5, 0.6) is 0 Å². The van der Waals surface area contributed by atoms with Crippen LogP contribution in [0.2, 0.25) is 5.02 Å². The molecule has 29 heavy (non-hydrogen) atoms. The van der Waals surface area contributed by atoms with Crippen molar-refractivity contribution in [1.82, 2.24) is 29.4 Å². The molecular formula is C20H20ClN7O. The van der Waals surface area contributed by atoms with Crippen LogP contribution < -0.4 is 5.32 Å². The molecule has 1 saturated carbocycles. The highest BCUT2D eigenvalue weighted by atomic mass is 35.5. The maximum atomic E-state index is 10.4. The van der Waals surface area contributed by atoms with Crippen molar-refractivity contribution < 1.29 is 5.11 Å². The molecule has 0 saturated heterocycles. The molecule has 0 spiro atoms. The lowest BCUT2D eigenvalue weighted by Crippen LogP contribution is -2.43. The summed E-state index contributed by atoms with van der Waals surface area (Å²) < 4.78 is 3.60. The fourth-order valence-electron chi connectivity index (χ4n) is 3.52. The van der Waals surface area contributed by atoms with Crippen LogP contribution in [0.4, 0.5) is 5.95 Å². The average Bonchev–Trinajstić information content (AvgIpc) is 3.31. The highest BCUT2D eigenvalue weighted by Crippen LogP contribution is 2.32. The first-order valence-electron chi connectivity index (χ1n) is 9.48. The third-order valence-electron chi connectivity index (χ3n) is 5.37. The maximum Gasteiger partial charge on any atom is 0.229 e. The molecule has 0 atom stereocenters. The number of aryl methyl sites for hydroxylation is 1. The minimum absolute atomic E-state index is 0.439. The number of benzene rings is 1. The van der Waals surface area contributed by atoms with E-state index in [1.807, 2.05) is 48.1 Å². The summed E-state index contributed by atoms with van der Waals surface area (Å²) in [4.78, 5) is 4.84. The van der Waals surface area contributed by atoms with Crippen molar-refractivity contribution >= 4 is 23.2 Å². The van der Waals surface area contributed by atoms with Gasteiger partial charge < -0.3 is 10.4 Å². The number of hydrogen-bond donors (Lipinski definition) is 2. The van der Waals surface area contributed by atoms with Crippen molar-refractivity contribution in [2.75, 3.05) is 11.9 Å². The van der Waals surface area contributed by atoms with Gasteiger partial charge in [0.15, 0.2) is 5.65 Å². The molecule has 1 aliphatic rings. The largest absolute Gasteiger partial charge is 0.388 e. The van der Waals surface area contributed by atoms with Crippen LogP contribution in [-0.2, 0) is 7.05 Å². The van der Waals surface area contributed by atoms with Gasteiger partial charge in [0.05, 0.1) is 17.5 Å². The van der Waals surface area contributed by atoms with Crippen molar-refractivity contribution in [1.29, 1.82) is 0 Å². The van der Waals surface area contributed by atoms with Gasteiger partial charge in [-0.2, -0.15) is 5.10 Å². The molecule has 0 bridgehead atoms. The van der Waals surface area contributed by atoms with Gasteiger partial charge in [-0.3, -0.25) is 9.08 Å². The van der Waals surface area contributed by atoms with Crippen LogP contribution in [0.3, 0.4) is 0 Å². The first-order valence-corrected chi connectivity index (χ1v) is 9.86. The molecule has 5 rings (SSSR count). The summed E-state index contributed by atoms with van der Waals surface area (Å²) in [6.45, 7) is 0.439. The van der Waals surface area contributed by atoms with Crippen LogP contribution in [-0.4, -0.2) is 46.6 Å². The maximum absolute atomic E-state index is 10.4. The fraction of sp³-hybridized carbons (Fsp3) is 0.300. The third kappa shape index (κ3) is 3.34. The van der Waals surface area contributed by atoms with Gasteiger partial charge in [0.1, 0.15) is 5.69 Å². The molecule has 0 radical (unpaired) electrons. The van der Waals surface area contributed by atoms with E-state index in [1.54, 1.807) is 10.9 Å². The average molecular weight is 410 g/mol. The Kier molecular flexibility index (Phi) is 4.25. The van der Waals surface area contributed by atoms with Crippen molar-refractivity contribution in [2.45, 2.75) is 24.9 Å². The van der Waals surface area contributed by atoms with E-state index in [4.69, 9.17) is 16.6 Å². The monoisotopic (exact) mass is 409 g/mol. The molecule has 1 aromatic carbocycles. The number of rotatable bonds is 5. The van der Waals surface area contributed by atoms with E-state index in [0.717, 1.165) is 36.1 Å². The van der Waals surface area contributed by atoms with E-state index >= 15 is 0 Å². The lowest BCUT2D eigenvalue weighted by molar-refractivity contribution is -0.0203. The second-order valence-electron chi connectivity index (χ2n) is 7.53. The molecule has 1 aliphatic carbocycles. The number of aliphatic hydroxyl groups is 1. The number of anilines is 1. The van der Waals surface area contributed by atoms with Crippen molar-refractivity contribution in [2.24, 2.45) is 7.05 Å². The topological polar surface area (TPSA) is 93.2 Å². The van der Waals surface area contributed by atoms with Crippen molar-refractivity contribution in [3.05, 3.63) is 47.9 Å². The Hall–Kier alpha value is -2.97. The van der Waals surface area contributed by atoms with E-state index in [-0.39, 0.29) is 0 Å². The Morgan fingerprint density at radius 2 is 1.93 bits per heavy atom. The molecule has 8 nitrogen and oxygen atoms in total. The molecule has 148 valence electrons. The van der Waals surface area contributed by atoms with E-state index < -0.39 is 5.60 Å². The second kappa shape index (κ2) is 6.82. The summed E-state index contributed by atoms with van der Waals surface area (Å²) in [5, 5.41) is 27.2. The minimum atomic E-state index is -0.663. The summed E-state index contributed by atoms with van der Waals surface area (Å²) in [7, 11) is 1.86. The summed E-state index contributed by atoms with van der Waals surface area (Å²) in [5.74, 6) is 0.572. The van der Waals surface area contributed by atoms with Gasteiger partial charge in [0.2, 0.25) is 5.95 Å². The first kappa shape index (κ1) is 18.1. The quantitative estimate of drug-likeness (QED) is 0.526. The lowest BCUT2D eigenvalue weighted by Gasteiger charge is -2.36. The van der Waals surface area contributed by atoms with Gasteiger partial charge in [0, 0.05) is 42.1 Å². The number of nitrogens with one attached hydrogen (secondary N) is 1. The molecule has 4 aromatic rings. The SMILES string of the molecule is Cn1cc(-c2nc(-c3ccc(Cl)cc3)cn3c(NCC4(O)CCC4)nnc23)cn1. The molecule has 0 aliphatic heterocycles. The molecule has 3 heterocycles. The van der Waals surface area contributed by atoms with Crippen LogP contribution >= 0.6 is 11.6 Å². The van der Waals surface area contributed by atoms with Crippen LogP contribution in [0.15, 0.2) is 42.9 Å². The zero-order valence-electron chi connectivity index (χ0n) is 15.9. The Labute approximate surface area is 172 Å². The highest BCUT2D eigenvalue weighted by molar-refractivity contribution is 6.30. The molecule has 0 amide bonds. The summed E-state index contributed by atoms with van der Waals surface area (Å²) in [6, 6.07) is 7.53. The second-order valence-corrected chi connectivity index (χ2v) is 7.97. The molecule has 3 aromatic heterocycles. The zero-order valence-corrected chi connectivity index (χ0v) is 16.6. The highest BCUT2D eigenvalue weighted by Gasteiger charge is 2.34. The van der Waals surface area contributed by atoms with Crippen LogP contribution in [0.1, 0.15) is 19.3 Å². The first-order chi connectivity index (χ1) is 14.0. The number of hydrogen-bond acceptors (Lipinski definition) is 6. The molecular weight excluding hydrogens is 390 g/mol. The van der Waals surface area contributed by atoms with Crippen LogP contribution in [0, 0.1) is 0 Å². The standard InChI is InChI=1S/C20H20ClN7O/c1-27-10-14(9-23-27)17-18-25-26-19(22-12-20(29)7-2-8-20)28(18)11-16(24-17)13-3-5-15(21)6-4-13/h3-6,9-11,29H,2,7-8,12H2,1H3,(H,22,26). The molecule has 1 fully saturated rings. The van der Waals surface area contributed by atoms with E-state index in [1.165, 1.54) is 0 Å². The summed E-state index contributed by atoms with van der Waals surface area (Å²) in [6.07, 6.45) is 8.20. The predicted molar refractivity (Wildman–Crippen MR) is 111 cm³/mol. The normalized spacial score (nSPS) is 15.4. The number of aromatic nitrogens is 6. The van der Waals surface area contributed by atoms with Gasteiger partial charge >= 0.3 is 0 Å². The number of halogens is 1. The van der Waals surface area contributed by atoms with Crippen LogP contribution in [0.25, 0.3) is 28.2 Å². The van der Waals surface area contributed by atoms with Crippen molar-refractivity contribution in [3.8, 4) is 22.5 Å². The van der Waals surface area contributed by atoms with Gasteiger partial charge in [-0.05, 0) is 31.4 Å². The Bertz CT molecular complexity index is 1180. The fourth-order valence-corrected chi connectivity index (χ4v) is 3.65. The molecule has 0 unspecified atom stereocenters. The zero-order chi connectivity index (χ0) is 20.0. The lowest BCUT2D eigenvalue weighted by atomic mass is 9.80. The summed E-state index contributed by atoms with van der Waals surface area (Å²) >= 11 is 6.04. The van der Waals surface area contributed by atoms with E-state index in [0.29, 0.717) is 28.9 Å². The molecule has 9 heteroatoms. The molecule has 2 N–H and O–H groups in total.